The summed E-state index contributed by atoms with van der Waals surface area (Å²) in [6.07, 6.45) is 0. The van der Waals surface area contributed by atoms with Crippen LogP contribution in [0.5, 0.6) is 11.5 Å². The number of halogens is 3. The van der Waals surface area contributed by atoms with Crippen LogP contribution < -0.4 is 14.8 Å². The smallest absolute Gasteiger partial charge is 0.303 e. The van der Waals surface area contributed by atoms with Crippen molar-refractivity contribution in [2.45, 2.75) is 45.3 Å². The van der Waals surface area contributed by atoms with Gasteiger partial charge in [-0.1, -0.05) is 12.1 Å². The molecular weight excluding hydrogens is 489 g/mol. The van der Waals surface area contributed by atoms with E-state index in [4.69, 9.17) is 14.2 Å². The molecule has 0 fully saturated rings. The number of hydrogen-bond donors (Lipinski definition) is 2. The van der Waals surface area contributed by atoms with Crippen molar-refractivity contribution in [1.82, 2.24) is 9.97 Å². The summed E-state index contributed by atoms with van der Waals surface area (Å²) in [7, 11) is 2.92. The van der Waals surface area contributed by atoms with Gasteiger partial charge in [-0.05, 0) is 39.8 Å². The number of nitrogens with zero attached hydrogens (tertiary/aromatic N) is 3. The fraction of sp³-hybridized carbons (Fsp3) is 0.423. The number of benzene rings is 2. The topological polar surface area (TPSA) is 110 Å². The van der Waals surface area contributed by atoms with E-state index in [9.17, 15) is 19.1 Å². The predicted molar refractivity (Wildman–Crippen MR) is 132 cm³/mol. The minimum Gasteiger partial charge on any atom is -0.491 e. The Kier molecular flexibility index (Phi) is 8.15. The highest BCUT2D eigenvalue weighted by Crippen LogP contribution is 2.42. The maximum Gasteiger partial charge on any atom is 0.303 e. The molecule has 198 valence electrons. The molecule has 0 bridgehead atoms. The van der Waals surface area contributed by atoms with E-state index in [2.05, 4.69) is 21.4 Å². The molecule has 1 aromatic heterocycles. The van der Waals surface area contributed by atoms with Crippen LogP contribution in [0.25, 0.3) is 10.9 Å². The maximum atomic E-state index is 15.3. The number of alkyl halides is 2. The molecule has 3 aromatic rings. The van der Waals surface area contributed by atoms with Gasteiger partial charge in [-0.25, -0.2) is 14.4 Å². The molecule has 11 heteroatoms. The number of fused-ring (bicyclic) bond motifs is 1. The third kappa shape index (κ3) is 5.40. The van der Waals surface area contributed by atoms with E-state index in [0.717, 1.165) is 19.9 Å². The molecule has 0 aliphatic carbocycles. The van der Waals surface area contributed by atoms with Crippen molar-refractivity contribution in [3.8, 4) is 17.6 Å². The predicted octanol–water partition coefficient (Wildman–Crippen LogP) is 5.02. The normalized spacial score (nSPS) is 12.8. The summed E-state index contributed by atoms with van der Waals surface area (Å²) in [5, 5.41) is 23.2. The molecule has 37 heavy (non-hydrogen) atoms. The zero-order valence-electron chi connectivity index (χ0n) is 21.4. The van der Waals surface area contributed by atoms with Gasteiger partial charge in [-0.3, -0.25) is 0 Å². The van der Waals surface area contributed by atoms with Crippen molar-refractivity contribution in [1.29, 1.82) is 5.26 Å². The van der Waals surface area contributed by atoms with Gasteiger partial charge in [-0.15, -0.1) is 0 Å². The van der Waals surface area contributed by atoms with Crippen LogP contribution in [0.3, 0.4) is 0 Å². The zero-order chi connectivity index (χ0) is 27.5. The number of nitriles is 1. The number of aromatic nitrogens is 2. The minimum absolute atomic E-state index is 0.0589. The SMILES string of the molecule is COCCOc1cc2c(N[C@H](C)c3cccc(C(F)(F)C(C)(C)O)c3F)nc(C)nc2c(C#N)c1OC. The molecule has 3 rings (SSSR count). The van der Waals surface area contributed by atoms with Gasteiger partial charge in [0.25, 0.3) is 0 Å². The Bertz CT molecular complexity index is 1340. The zero-order valence-corrected chi connectivity index (χ0v) is 21.4. The summed E-state index contributed by atoms with van der Waals surface area (Å²) in [5.41, 5.74) is -3.05. The van der Waals surface area contributed by atoms with Crippen LogP contribution in [0.2, 0.25) is 0 Å². The van der Waals surface area contributed by atoms with Gasteiger partial charge in [0, 0.05) is 18.1 Å². The van der Waals surface area contributed by atoms with Gasteiger partial charge >= 0.3 is 5.92 Å². The highest BCUT2D eigenvalue weighted by atomic mass is 19.3. The molecule has 2 N–H and O–H groups in total. The summed E-state index contributed by atoms with van der Waals surface area (Å²) in [4.78, 5) is 8.80. The molecule has 0 unspecified atom stereocenters. The maximum absolute atomic E-state index is 15.3. The average Bonchev–Trinajstić information content (AvgIpc) is 2.82. The Labute approximate surface area is 213 Å². The number of nitrogens with one attached hydrogen (secondary N) is 1. The van der Waals surface area contributed by atoms with Crippen molar-refractivity contribution in [3.63, 3.8) is 0 Å². The summed E-state index contributed by atoms with van der Waals surface area (Å²) in [5.74, 6) is -3.98. The third-order valence-corrected chi connectivity index (χ3v) is 5.84. The standard InChI is InChI=1S/C26H29F3N4O4/c1-14(16-8-7-9-19(21(16)27)26(28,29)25(3,4)34)31-24-17-12-20(37-11-10-35-5)23(36-6)18(13-30)22(17)32-15(2)33-24/h7-9,12,14,34H,10-11H2,1-6H3,(H,31,32,33)/t14-/m1/s1. The Hall–Kier alpha value is -3.62. The molecule has 0 amide bonds. The molecular formula is C26H29F3N4O4. The van der Waals surface area contributed by atoms with E-state index in [-0.39, 0.29) is 40.6 Å². The lowest BCUT2D eigenvalue weighted by atomic mass is 9.91. The summed E-state index contributed by atoms with van der Waals surface area (Å²) in [6.45, 7) is 5.52. The molecule has 0 aliphatic heterocycles. The second-order valence-electron chi connectivity index (χ2n) is 8.96. The molecule has 1 atom stereocenters. The lowest BCUT2D eigenvalue weighted by Crippen LogP contribution is -2.41. The number of hydrogen-bond acceptors (Lipinski definition) is 8. The first-order valence-electron chi connectivity index (χ1n) is 11.4. The van der Waals surface area contributed by atoms with Crippen molar-refractivity contribution in [3.05, 3.63) is 52.6 Å². The van der Waals surface area contributed by atoms with E-state index in [1.165, 1.54) is 26.4 Å². The Morgan fingerprint density at radius 1 is 1.19 bits per heavy atom. The molecule has 0 aliphatic rings. The first-order valence-corrected chi connectivity index (χ1v) is 11.4. The summed E-state index contributed by atoms with van der Waals surface area (Å²) in [6, 6.07) is 6.46. The fourth-order valence-electron chi connectivity index (χ4n) is 3.83. The summed E-state index contributed by atoms with van der Waals surface area (Å²) >= 11 is 0. The van der Waals surface area contributed by atoms with Crippen molar-refractivity contribution >= 4 is 16.7 Å². The lowest BCUT2D eigenvalue weighted by molar-refractivity contribution is -0.170. The van der Waals surface area contributed by atoms with Crippen LogP contribution in [-0.2, 0) is 10.7 Å². The number of rotatable bonds is 10. The van der Waals surface area contributed by atoms with Gasteiger partial charge in [0.05, 0.1) is 30.8 Å². The van der Waals surface area contributed by atoms with Crippen molar-refractivity contribution < 1.29 is 32.5 Å². The second-order valence-corrected chi connectivity index (χ2v) is 8.96. The van der Waals surface area contributed by atoms with Crippen LogP contribution >= 0.6 is 0 Å². The van der Waals surface area contributed by atoms with Crippen molar-refractivity contribution in [2.24, 2.45) is 0 Å². The molecule has 0 radical (unpaired) electrons. The number of aryl methyl sites for hydroxylation is 1. The molecule has 0 saturated heterocycles. The van der Waals surface area contributed by atoms with E-state index < -0.39 is 28.9 Å². The van der Waals surface area contributed by atoms with E-state index in [0.29, 0.717) is 17.8 Å². The van der Waals surface area contributed by atoms with E-state index >= 15 is 4.39 Å². The van der Waals surface area contributed by atoms with Crippen LogP contribution in [0.4, 0.5) is 19.0 Å². The molecule has 2 aromatic carbocycles. The van der Waals surface area contributed by atoms with Crippen LogP contribution in [-0.4, -0.2) is 48.1 Å². The van der Waals surface area contributed by atoms with Crippen LogP contribution in [0, 0.1) is 24.1 Å². The summed E-state index contributed by atoms with van der Waals surface area (Å²) < 4.78 is 61.1. The van der Waals surface area contributed by atoms with Crippen LogP contribution in [0.1, 0.15) is 49.3 Å². The highest BCUT2D eigenvalue weighted by Gasteiger charge is 2.49. The van der Waals surface area contributed by atoms with Crippen molar-refractivity contribution in [2.75, 3.05) is 32.8 Å². The largest absolute Gasteiger partial charge is 0.491 e. The number of ether oxygens (including phenoxy) is 3. The van der Waals surface area contributed by atoms with Gasteiger partial charge in [0.15, 0.2) is 11.5 Å². The minimum atomic E-state index is -3.84. The number of anilines is 1. The second kappa shape index (κ2) is 10.8. The van der Waals surface area contributed by atoms with Gasteiger partial charge in [0.2, 0.25) is 0 Å². The molecule has 0 spiro atoms. The third-order valence-electron chi connectivity index (χ3n) is 5.84. The first-order chi connectivity index (χ1) is 17.4. The Balaban J connectivity index is 2.12. The first kappa shape index (κ1) is 28.0. The Morgan fingerprint density at radius 3 is 2.49 bits per heavy atom. The molecule has 8 nitrogen and oxygen atoms in total. The average molecular weight is 519 g/mol. The number of aliphatic hydroxyl groups is 1. The quantitative estimate of drug-likeness (QED) is 0.360. The van der Waals surface area contributed by atoms with Gasteiger partial charge in [0.1, 0.15) is 41.3 Å². The lowest BCUT2D eigenvalue weighted by Gasteiger charge is -2.30. The highest BCUT2D eigenvalue weighted by molar-refractivity contribution is 5.96. The number of methoxy groups -OCH3 is 2. The van der Waals surface area contributed by atoms with E-state index in [1.54, 1.807) is 19.9 Å². The molecule has 0 saturated carbocycles. The Morgan fingerprint density at radius 2 is 1.89 bits per heavy atom. The van der Waals surface area contributed by atoms with Crippen LogP contribution in [0.15, 0.2) is 24.3 Å². The fourth-order valence-corrected chi connectivity index (χ4v) is 3.83. The van der Waals surface area contributed by atoms with Gasteiger partial charge < -0.3 is 24.6 Å². The molecule has 1 heterocycles. The van der Waals surface area contributed by atoms with E-state index in [1.807, 2.05) is 0 Å². The van der Waals surface area contributed by atoms with Gasteiger partial charge in [-0.2, -0.15) is 14.0 Å². The monoisotopic (exact) mass is 518 g/mol.